The van der Waals surface area contributed by atoms with Gasteiger partial charge in [-0.1, -0.05) is 19.8 Å². The van der Waals surface area contributed by atoms with Gasteiger partial charge in [-0.2, -0.15) is 0 Å². The summed E-state index contributed by atoms with van der Waals surface area (Å²) in [6.45, 7) is 6.86. The summed E-state index contributed by atoms with van der Waals surface area (Å²) < 4.78 is 0. The van der Waals surface area contributed by atoms with E-state index in [9.17, 15) is 4.79 Å². The van der Waals surface area contributed by atoms with Crippen LogP contribution in [0.5, 0.6) is 0 Å². The second-order valence-electron chi connectivity index (χ2n) is 6.09. The highest BCUT2D eigenvalue weighted by atomic mass is 32.1. The van der Waals surface area contributed by atoms with Crippen LogP contribution in [0.2, 0.25) is 0 Å². The van der Waals surface area contributed by atoms with Crippen molar-refractivity contribution in [3.8, 4) is 0 Å². The van der Waals surface area contributed by atoms with Crippen molar-refractivity contribution in [2.75, 3.05) is 24.5 Å². The SMILES string of the molecule is CCCNC(=O)c1sc2ncnc(N3CCCCCC3)c2c1C. The zero-order chi connectivity index (χ0) is 16.2. The minimum Gasteiger partial charge on any atom is -0.356 e. The van der Waals surface area contributed by atoms with E-state index in [4.69, 9.17) is 0 Å². The van der Waals surface area contributed by atoms with E-state index in [1.165, 1.54) is 37.0 Å². The van der Waals surface area contributed by atoms with E-state index in [0.29, 0.717) is 6.54 Å². The predicted octanol–water partition coefficient (Wildman–Crippen LogP) is 3.52. The number of fused-ring (bicyclic) bond motifs is 1. The maximum absolute atomic E-state index is 12.4. The first kappa shape index (κ1) is 16.2. The molecule has 1 aliphatic rings. The maximum atomic E-state index is 12.4. The summed E-state index contributed by atoms with van der Waals surface area (Å²) in [7, 11) is 0. The number of carbonyl (C=O) groups excluding carboxylic acids is 1. The number of anilines is 1. The number of hydrogen-bond donors (Lipinski definition) is 1. The van der Waals surface area contributed by atoms with Gasteiger partial charge in [0.1, 0.15) is 17.0 Å². The molecule has 124 valence electrons. The molecule has 6 heteroatoms. The number of aromatic nitrogens is 2. The summed E-state index contributed by atoms with van der Waals surface area (Å²) >= 11 is 1.48. The molecule has 2 aromatic heterocycles. The summed E-state index contributed by atoms with van der Waals surface area (Å²) in [5.74, 6) is 1.01. The second kappa shape index (κ2) is 7.25. The first-order valence-corrected chi connectivity index (χ1v) is 9.31. The molecule has 0 saturated carbocycles. The van der Waals surface area contributed by atoms with E-state index >= 15 is 0 Å². The van der Waals surface area contributed by atoms with E-state index in [1.807, 2.05) is 6.92 Å². The molecule has 0 aromatic carbocycles. The van der Waals surface area contributed by atoms with Crippen LogP contribution in [0.4, 0.5) is 5.82 Å². The summed E-state index contributed by atoms with van der Waals surface area (Å²) in [6, 6.07) is 0. The fourth-order valence-corrected chi connectivity index (χ4v) is 4.17. The van der Waals surface area contributed by atoms with Crippen LogP contribution in [0.3, 0.4) is 0 Å². The van der Waals surface area contributed by atoms with Crippen molar-refractivity contribution < 1.29 is 4.79 Å². The molecule has 23 heavy (non-hydrogen) atoms. The van der Waals surface area contributed by atoms with Gasteiger partial charge >= 0.3 is 0 Å². The predicted molar refractivity (Wildman–Crippen MR) is 95.5 cm³/mol. The molecule has 0 aliphatic carbocycles. The number of aryl methyl sites for hydroxylation is 1. The first-order valence-electron chi connectivity index (χ1n) is 8.49. The topological polar surface area (TPSA) is 58.1 Å². The van der Waals surface area contributed by atoms with Crippen LogP contribution in [0.1, 0.15) is 54.3 Å². The number of nitrogens with zero attached hydrogens (tertiary/aromatic N) is 3. The molecular formula is C17H24N4OS. The van der Waals surface area contributed by atoms with Crippen molar-refractivity contribution >= 4 is 33.3 Å². The lowest BCUT2D eigenvalue weighted by Crippen LogP contribution is -2.25. The van der Waals surface area contributed by atoms with Gasteiger partial charge in [0.15, 0.2) is 0 Å². The van der Waals surface area contributed by atoms with Crippen LogP contribution in [0, 0.1) is 6.92 Å². The molecule has 0 atom stereocenters. The van der Waals surface area contributed by atoms with Crippen molar-refractivity contribution in [1.82, 2.24) is 15.3 Å². The molecule has 5 nitrogen and oxygen atoms in total. The van der Waals surface area contributed by atoms with Crippen molar-refractivity contribution in [1.29, 1.82) is 0 Å². The Morgan fingerprint density at radius 2 is 2.00 bits per heavy atom. The summed E-state index contributed by atoms with van der Waals surface area (Å²) in [4.78, 5) is 25.4. The zero-order valence-electron chi connectivity index (χ0n) is 13.9. The molecule has 1 amide bonds. The lowest BCUT2D eigenvalue weighted by Gasteiger charge is -2.22. The Balaban J connectivity index is 1.99. The van der Waals surface area contributed by atoms with Crippen LogP contribution >= 0.6 is 11.3 Å². The molecule has 1 N–H and O–H groups in total. The monoisotopic (exact) mass is 332 g/mol. The summed E-state index contributed by atoms with van der Waals surface area (Å²) in [5, 5.41) is 4.03. The van der Waals surface area contributed by atoms with Gasteiger partial charge in [0.25, 0.3) is 5.91 Å². The summed E-state index contributed by atoms with van der Waals surface area (Å²) in [5.41, 5.74) is 1.01. The Morgan fingerprint density at radius 3 is 2.70 bits per heavy atom. The molecular weight excluding hydrogens is 308 g/mol. The van der Waals surface area contributed by atoms with Crippen LogP contribution in [-0.4, -0.2) is 35.5 Å². The highest BCUT2D eigenvalue weighted by molar-refractivity contribution is 7.20. The third-order valence-electron chi connectivity index (χ3n) is 4.35. The molecule has 1 saturated heterocycles. The van der Waals surface area contributed by atoms with Crippen molar-refractivity contribution in [3.05, 3.63) is 16.8 Å². The van der Waals surface area contributed by atoms with Crippen molar-refractivity contribution in [2.24, 2.45) is 0 Å². The Hall–Kier alpha value is -1.69. The van der Waals surface area contributed by atoms with E-state index in [-0.39, 0.29) is 5.91 Å². The lowest BCUT2D eigenvalue weighted by molar-refractivity contribution is 0.0957. The van der Waals surface area contributed by atoms with E-state index in [1.54, 1.807) is 6.33 Å². The number of nitrogens with one attached hydrogen (secondary N) is 1. The smallest absolute Gasteiger partial charge is 0.261 e. The maximum Gasteiger partial charge on any atom is 0.261 e. The highest BCUT2D eigenvalue weighted by Gasteiger charge is 2.22. The zero-order valence-corrected chi connectivity index (χ0v) is 14.7. The normalized spacial score (nSPS) is 15.7. The summed E-state index contributed by atoms with van der Waals surface area (Å²) in [6.07, 6.45) is 7.56. The fraction of sp³-hybridized carbons (Fsp3) is 0.588. The van der Waals surface area contributed by atoms with Gasteiger partial charge in [-0.25, -0.2) is 9.97 Å². The Morgan fingerprint density at radius 1 is 1.26 bits per heavy atom. The second-order valence-corrected chi connectivity index (χ2v) is 7.09. The Bertz CT molecular complexity index is 689. The quantitative estimate of drug-likeness (QED) is 0.930. The largest absolute Gasteiger partial charge is 0.356 e. The molecule has 1 aliphatic heterocycles. The molecule has 2 aromatic rings. The molecule has 3 heterocycles. The van der Waals surface area contributed by atoms with E-state index < -0.39 is 0 Å². The molecule has 1 fully saturated rings. The molecule has 0 unspecified atom stereocenters. The number of thiophene rings is 1. The minimum atomic E-state index is 0.00849. The molecule has 0 radical (unpaired) electrons. The third-order valence-corrected chi connectivity index (χ3v) is 5.55. The van der Waals surface area contributed by atoms with Gasteiger partial charge < -0.3 is 10.2 Å². The Kier molecular flexibility index (Phi) is 5.10. The van der Waals surface area contributed by atoms with Gasteiger partial charge in [-0.05, 0) is 31.7 Å². The fourth-order valence-electron chi connectivity index (χ4n) is 3.11. The van der Waals surface area contributed by atoms with Crippen molar-refractivity contribution in [2.45, 2.75) is 46.0 Å². The number of amides is 1. The van der Waals surface area contributed by atoms with Crippen molar-refractivity contribution in [3.63, 3.8) is 0 Å². The van der Waals surface area contributed by atoms with E-state index in [0.717, 1.165) is 46.0 Å². The molecule has 0 bridgehead atoms. The lowest BCUT2D eigenvalue weighted by atomic mass is 10.2. The molecule has 0 spiro atoms. The number of hydrogen-bond acceptors (Lipinski definition) is 5. The first-order chi connectivity index (χ1) is 11.2. The third kappa shape index (κ3) is 3.32. The van der Waals surface area contributed by atoms with Crippen LogP contribution in [0.15, 0.2) is 6.33 Å². The average molecular weight is 332 g/mol. The van der Waals surface area contributed by atoms with Crippen LogP contribution < -0.4 is 10.2 Å². The van der Waals surface area contributed by atoms with Crippen LogP contribution in [-0.2, 0) is 0 Å². The van der Waals surface area contributed by atoms with Gasteiger partial charge in [-0.3, -0.25) is 4.79 Å². The van der Waals surface area contributed by atoms with Gasteiger partial charge in [0, 0.05) is 19.6 Å². The van der Waals surface area contributed by atoms with Gasteiger partial charge in [0.05, 0.1) is 10.3 Å². The minimum absolute atomic E-state index is 0.00849. The number of carbonyl (C=O) groups is 1. The average Bonchev–Trinajstić information content (AvgIpc) is 2.76. The standard InChI is InChI=1S/C17H24N4OS/c1-3-8-18-16(22)14-12(2)13-15(19-11-20-17(13)23-14)21-9-6-4-5-7-10-21/h11H,3-10H2,1-2H3,(H,18,22). The van der Waals surface area contributed by atoms with Gasteiger partial charge in [0.2, 0.25) is 0 Å². The van der Waals surface area contributed by atoms with E-state index in [2.05, 4.69) is 27.1 Å². The number of rotatable bonds is 4. The molecule has 3 rings (SSSR count). The Labute approximate surface area is 141 Å². The van der Waals surface area contributed by atoms with Gasteiger partial charge in [-0.15, -0.1) is 11.3 Å². The highest BCUT2D eigenvalue weighted by Crippen LogP contribution is 2.35. The van der Waals surface area contributed by atoms with Crippen LogP contribution in [0.25, 0.3) is 10.2 Å².